The highest BCUT2D eigenvalue weighted by Gasteiger charge is 2.11. The topological polar surface area (TPSA) is 69.6 Å². The maximum absolute atomic E-state index is 5.98. The van der Waals surface area contributed by atoms with E-state index in [1.807, 2.05) is 6.33 Å². The molecule has 2 heterocycles. The Hall–Kier alpha value is -1.30. The van der Waals surface area contributed by atoms with Crippen molar-refractivity contribution in [1.82, 2.24) is 19.5 Å². The van der Waals surface area contributed by atoms with Gasteiger partial charge in [0, 0.05) is 12.3 Å². The van der Waals surface area contributed by atoms with Crippen molar-refractivity contribution in [2.45, 2.75) is 57.7 Å². The molecule has 2 N–H and O–H groups in total. The summed E-state index contributed by atoms with van der Waals surface area (Å²) in [4.78, 5) is 13.3. The van der Waals surface area contributed by atoms with Gasteiger partial charge in [0.25, 0.3) is 0 Å². The average molecular weight is 293 g/mol. The minimum atomic E-state index is 0.487. The van der Waals surface area contributed by atoms with Gasteiger partial charge in [-0.3, -0.25) is 0 Å². The Balaban J connectivity index is 2.16. The lowest BCUT2D eigenvalue weighted by atomic mass is 10.2. The molecule has 0 fully saturated rings. The van der Waals surface area contributed by atoms with Crippen molar-refractivity contribution in [3.05, 3.63) is 6.33 Å². The van der Waals surface area contributed by atoms with Crippen LogP contribution in [0.1, 0.15) is 46.0 Å². The van der Waals surface area contributed by atoms with Crippen molar-refractivity contribution in [3.8, 4) is 0 Å². The largest absolute Gasteiger partial charge is 0.382 e. The molecule has 5 nitrogen and oxygen atoms in total. The number of hydrogen-bond acceptors (Lipinski definition) is 5. The molecule has 6 heteroatoms. The van der Waals surface area contributed by atoms with Crippen LogP contribution in [0.3, 0.4) is 0 Å². The van der Waals surface area contributed by atoms with E-state index in [1.54, 1.807) is 11.8 Å². The lowest BCUT2D eigenvalue weighted by molar-refractivity contribution is 0.588. The molecule has 2 rings (SSSR count). The normalized spacial score (nSPS) is 11.3. The van der Waals surface area contributed by atoms with Crippen LogP contribution in [0.4, 0.5) is 5.82 Å². The number of nitrogens with zero attached hydrogens (tertiary/aromatic N) is 4. The number of unbranched alkanes of at least 4 members (excludes halogenated alkanes) is 3. The van der Waals surface area contributed by atoms with Crippen LogP contribution in [-0.4, -0.2) is 25.3 Å². The summed E-state index contributed by atoms with van der Waals surface area (Å²) in [7, 11) is 0. The lowest BCUT2D eigenvalue weighted by Crippen LogP contribution is -2.01. The summed E-state index contributed by atoms with van der Waals surface area (Å²) >= 11 is 1.65. The second-order valence-electron chi connectivity index (χ2n) is 4.91. The number of hydrogen-bond donors (Lipinski definition) is 1. The quantitative estimate of drug-likeness (QED) is 0.458. The van der Waals surface area contributed by atoms with Crippen molar-refractivity contribution in [1.29, 1.82) is 0 Å². The van der Waals surface area contributed by atoms with Gasteiger partial charge in [0.05, 0.1) is 6.33 Å². The predicted octanol–water partition coefficient (Wildman–Crippen LogP) is 3.49. The first-order chi connectivity index (χ1) is 9.76. The van der Waals surface area contributed by atoms with Crippen LogP contribution in [-0.2, 0) is 6.54 Å². The zero-order valence-corrected chi connectivity index (χ0v) is 13.1. The van der Waals surface area contributed by atoms with E-state index in [9.17, 15) is 0 Å². The fourth-order valence-corrected chi connectivity index (χ4v) is 2.78. The van der Waals surface area contributed by atoms with Crippen LogP contribution < -0.4 is 5.73 Å². The number of nitrogens with two attached hydrogens (primary N) is 1. The van der Waals surface area contributed by atoms with Gasteiger partial charge in [0.1, 0.15) is 5.52 Å². The van der Waals surface area contributed by atoms with Gasteiger partial charge in [-0.25, -0.2) is 15.0 Å². The van der Waals surface area contributed by atoms with Crippen LogP contribution in [0.5, 0.6) is 0 Å². The first-order valence-corrected chi connectivity index (χ1v) is 8.36. The molecule has 0 aliphatic rings. The average Bonchev–Trinajstić information content (AvgIpc) is 2.85. The summed E-state index contributed by atoms with van der Waals surface area (Å²) in [6, 6.07) is 0. The van der Waals surface area contributed by atoms with Crippen LogP contribution >= 0.6 is 11.8 Å². The van der Waals surface area contributed by atoms with Crippen molar-refractivity contribution >= 4 is 28.7 Å². The molecule has 0 atom stereocenters. The molecular formula is C14H23N5S. The van der Waals surface area contributed by atoms with Crippen LogP contribution in [0.2, 0.25) is 0 Å². The molecule has 0 amide bonds. The molecule has 2 aromatic rings. The third-order valence-electron chi connectivity index (χ3n) is 3.16. The van der Waals surface area contributed by atoms with Crippen molar-refractivity contribution in [2.24, 2.45) is 0 Å². The van der Waals surface area contributed by atoms with Gasteiger partial charge in [-0.2, -0.15) is 0 Å². The molecule has 0 saturated heterocycles. The highest BCUT2D eigenvalue weighted by atomic mass is 32.2. The monoisotopic (exact) mass is 293 g/mol. The standard InChI is InChI=1S/C14H23N5S/c1-3-5-6-7-8-19-10-16-11-12(15)17-14(18-13(11)19)20-9-4-2/h10H,3-9H2,1-2H3,(H2,15,17,18). The number of imidazole rings is 1. The second kappa shape index (κ2) is 7.47. The smallest absolute Gasteiger partial charge is 0.191 e. The summed E-state index contributed by atoms with van der Waals surface area (Å²) in [5.74, 6) is 1.50. The van der Waals surface area contributed by atoms with Crippen molar-refractivity contribution < 1.29 is 0 Å². The van der Waals surface area contributed by atoms with Gasteiger partial charge >= 0.3 is 0 Å². The number of thioether (sulfide) groups is 1. The predicted molar refractivity (Wildman–Crippen MR) is 84.9 cm³/mol. The summed E-state index contributed by atoms with van der Waals surface area (Å²) in [5, 5.41) is 0.757. The highest BCUT2D eigenvalue weighted by molar-refractivity contribution is 7.99. The highest BCUT2D eigenvalue weighted by Crippen LogP contribution is 2.22. The van der Waals surface area contributed by atoms with E-state index in [1.165, 1.54) is 19.3 Å². The number of fused-ring (bicyclic) bond motifs is 1. The number of aromatic nitrogens is 4. The van der Waals surface area contributed by atoms with E-state index in [-0.39, 0.29) is 0 Å². The zero-order chi connectivity index (χ0) is 14.4. The number of nitrogen functional groups attached to an aromatic ring is 1. The molecule has 0 saturated carbocycles. The van der Waals surface area contributed by atoms with E-state index in [0.29, 0.717) is 5.82 Å². The number of aryl methyl sites for hydroxylation is 1. The molecule has 0 unspecified atom stereocenters. The maximum Gasteiger partial charge on any atom is 0.191 e. The van der Waals surface area contributed by atoms with Gasteiger partial charge in [0.2, 0.25) is 0 Å². The summed E-state index contributed by atoms with van der Waals surface area (Å²) in [5.41, 5.74) is 7.57. The minimum absolute atomic E-state index is 0.487. The van der Waals surface area contributed by atoms with E-state index in [4.69, 9.17) is 5.73 Å². The fourth-order valence-electron chi connectivity index (χ4n) is 2.08. The van der Waals surface area contributed by atoms with Crippen LogP contribution in [0.25, 0.3) is 11.2 Å². The Morgan fingerprint density at radius 2 is 2.00 bits per heavy atom. The van der Waals surface area contributed by atoms with Gasteiger partial charge in [-0.05, 0) is 12.8 Å². The van der Waals surface area contributed by atoms with E-state index in [0.717, 1.165) is 41.5 Å². The Kier molecular flexibility index (Phi) is 5.64. The summed E-state index contributed by atoms with van der Waals surface area (Å²) in [6.45, 7) is 5.31. The van der Waals surface area contributed by atoms with Gasteiger partial charge in [-0.1, -0.05) is 44.9 Å². The third kappa shape index (κ3) is 3.62. The summed E-state index contributed by atoms with van der Waals surface area (Å²) in [6.07, 6.45) is 7.85. The Morgan fingerprint density at radius 3 is 2.75 bits per heavy atom. The first-order valence-electron chi connectivity index (χ1n) is 7.37. The molecule has 0 spiro atoms. The minimum Gasteiger partial charge on any atom is -0.382 e. The first kappa shape index (κ1) is 15.1. The molecule has 0 radical (unpaired) electrons. The molecule has 0 aliphatic carbocycles. The van der Waals surface area contributed by atoms with E-state index in [2.05, 4.69) is 33.4 Å². The SMILES string of the molecule is CCCCCCn1cnc2c(N)nc(SCCC)nc21. The van der Waals surface area contributed by atoms with E-state index >= 15 is 0 Å². The molecule has 0 bridgehead atoms. The van der Waals surface area contributed by atoms with Gasteiger partial charge in [0.15, 0.2) is 16.6 Å². The molecule has 2 aromatic heterocycles. The van der Waals surface area contributed by atoms with Crippen molar-refractivity contribution in [3.63, 3.8) is 0 Å². The molecule has 0 aliphatic heterocycles. The Morgan fingerprint density at radius 1 is 1.15 bits per heavy atom. The lowest BCUT2D eigenvalue weighted by Gasteiger charge is -2.05. The molecule has 20 heavy (non-hydrogen) atoms. The van der Waals surface area contributed by atoms with Crippen molar-refractivity contribution in [2.75, 3.05) is 11.5 Å². The molecule has 0 aromatic carbocycles. The van der Waals surface area contributed by atoms with Crippen LogP contribution in [0.15, 0.2) is 11.5 Å². The molecular weight excluding hydrogens is 270 g/mol. The number of anilines is 1. The molecule has 110 valence electrons. The van der Waals surface area contributed by atoms with Crippen LogP contribution in [0, 0.1) is 0 Å². The summed E-state index contributed by atoms with van der Waals surface area (Å²) < 4.78 is 2.10. The Labute approximate surface area is 124 Å². The van der Waals surface area contributed by atoms with Gasteiger partial charge < -0.3 is 10.3 Å². The third-order valence-corrected chi connectivity index (χ3v) is 4.21. The maximum atomic E-state index is 5.98. The number of rotatable bonds is 8. The van der Waals surface area contributed by atoms with Gasteiger partial charge in [-0.15, -0.1) is 0 Å². The second-order valence-corrected chi connectivity index (χ2v) is 5.97. The Bertz CT molecular complexity index is 552. The van der Waals surface area contributed by atoms with E-state index < -0.39 is 0 Å². The fraction of sp³-hybridized carbons (Fsp3) is 0.643. The zero-order valence-electron chi connectivity index (χ0n) is 12.3.